The molecule has 29 heavy (non-hydrogen) atoms. The lowest BCUT2D eigenvalue weighted by Crippen LogP contribution is -2.17. The Labute approximate surface area is 176 Å². The first-order chi connectivity index (χ1) is 14.1. The Balaban J connectivity index is 1.91. The summed E-state index contributed by atoms with van der Waals surface area (Å²) >= 11 is 0. The molecule has 4 nitrogen and oxygen atoms in total. The molecule has 0 heterocycles. The van der Waals surface area contributed by atoms with E-state index in [-0.39, 0.29) is 0 Å². The molecule has 160 valence electrons. The Kier molecular flexibility index (Phi) is 9.85. The van der Waals surface area contributed by atoms with Gasteiger partial charge in [0.2, 0.25) is 0 Å². The summed E-state index contributed by atoms with van der Waals surface area (Å²) in [5.74, 6) is 3.79. The van der Waals surface area contributed by atoms with Crippen molar-refractivity contribution < 1.29 is 14.2 Å². The normalized spacial score (nSPS) is 12.1. The molecule has 0 spiro atoms. The third-order valence-electron chi connectivity index (χ3n) is 5.21. The van der Waals surface area contributed by atoms with Gasteiger partial charge in [0, 0.05) is 6.54 Å². The molecule has 4 heteroatoms. The van der Waals surface area contributed by atoms with E-state index in [9.17, 15) is 0 Å². The van der Waals surface area contributed by atoms with Gasteiger partial charge in [0.25, 0.3) is 0 Å². The van der Waals surface area contributed by atoms with Gasteiger partial charge in [-0.25, -0.2) is 0 Å². The quantitative estimate of drug-likeness (QED) is 0.432. The highest BCUT2D eigenvalue weighted by Gasteiger charge is 2.13. The second kappa shape index (κ2) is 12.4. The molecule has 2 aromatic rings. The van der Waals surface area contributed by atoms with Gasteiger partial charge >= 0.3 is 0 Å². The first kappa shape index (κ1) is 23.1. The minimum absolute atomic E-state index is 0.561. The zero-order chi connectivity index (χ0) is 21.1. The molecule has 1 atom stereocenters. The summed E-state index contributed by atoms with van der Waals surface area (Å²) in [5, 5.41) is 3.59. The fraction of sp³-hybridized carbons (Fsp3) is 0.520. The predicted molar refractivity (Wildman–Crippen MR) is 120 cm³/mol. The average molecular weight is 400 g/mol. The van der Waals surface area contributed by atoms with Crippen molar-refractivity contribution in [3.63, 3.8) is 0 Å². The van der Waals surface area contributed by atoms with E-state index in [1.54, 1.807) is 14.2 Å². The van der Waals surface area contributed by atoms with Crippen LogP contribution in [0.3, 0.4) is 0 Å². The van der Waals surface area contributed by atoms with E-state index in [1.165, 1.54) is 24.0 Å². The lowest BCUT2D eigenvalue weighted by molar-refractivity contribution is 0.310. The van der Waals surface area contributed by atoms with Crippen molar-refractivity contribution >= 4 is 0 Å². The van der Waals surface area contributed by atoms with Crippen LogP contribution in [0, 0.1) is 5.92 Å². The molecule has 2 aromatic carbocycles. The Morgan fingerprint density at radius 3 is 2.24 bits per heavy atom. The molecule has 0 saturated heterocycles. The fourth-order valence-electron chi connectivity index (χ4n) is 3.49. The number of rotatable bonds is 13. The minimum Gasteiger partial charge on any atom is -0.497 e. The standard InChI is InChI=1S/C25H37NO3/c1-6-29-24-14-8-20(17-25(24)28-5)18-26-16-15-22(9-7-19(2)3)21-10-12-23(27-4)13-11-21/h8,10-14,17,19,22,26H,6-7,9,15-16,18H2,1-5H3. The van der Waals surface area contributed by atoms with E-state index in [2.05, 4.69) is 55.6 Å². The molecule has 0 aliphatic rings. The van der Waals surface area contributed by atoms with Gasteiger partial charge in [-0.05, 0) is 73.5 Å². The van der Waals surface area contributed by atoms with Gasteiger partial charge in [0.05, 0.1) is 20.8 Å². The first-order valence-corrected chi connectivity index (χ1v) is 10.7. The zero-order valence-electron chi connectivity index (χ0n) is 18.7. The summed E-state index contributed by atoms with van der Waals surface area (Å²) in [7, 11) is 3.40. The van der Waals surface area contributed by atoms with Gasteiger partial charge < -0.3 is 19.5 Å². The number of hydrogen-bond acceptors (Lipinski definition) is 4. The molecule has 0 aliphatic heterocycles. The maximum Gasteiger partial charge on any atom is 0.161 e. The van der Waals surface area contributed by atoms with Crippen LogP contribution in [0.5, 0.6) is 17.2 Å². The number of ether oxygens (including phenoxy) is 3. The Bertz CT molecular complexity index is 713. The summed E-state index contributed by atoms with van der Waals surface area (Å²) < 4.78 is 16.4. The van der Waals surface area contributed by atoms with Gasteiger partial charge in [-0.3, -0.25) is 0 Å². The molecule has 1 N–H and O–H groups in total. The molecule has 1 unspecified atom stereocenters. The van der Waals surface area contributed by atoms with Gasteiger partial charge in [0.15, 0.2) is 11.5 Å². The highest BCUT2D eigenvalue weighted by molar-refractivity contribution is 5.43. The van der Waals surface area contributed by atoms with Crippen LogP contribution < -0.4 is 19.5 Å². The Morgan fingerprint density at radius 2 is 1.62 bits per heavy atom. The maximum absolute atomic E-state index is 5.60. The lowest BCUT2D eigenvalue weighted by atomic mass is 9.88. The predicted octanol–water partition coefficient (Wildman–Crippen LogP) is 5.80. The largest absolute Gasteiger partial charge is 0.497 e. The molecule has 0 amide bonds. The summed E-state index contributed by atoms with van der Waals surface area (Å²) in [5.41, 5.74) is 2.60. The van der Waals surface area contributed by atoms with E-state index < -0.39 is 0 Å². The second-order valence-electron chi connectivity index (χ2n) is 7.82. The van der Waals surface area contributed by atoms with Gasteiger partial charge in [-0.15, -0.1) is 0 Å². The van der Waals surface area contributed by atoms with Crippen molar-refractivity contribution in [1.29, 1.82) is 0 Å². The van der Waals surface area contributed by atoms with Gasteiger partial charge in [-0.1, -0.05) is 38.5 Å². The van der Waals surface area contributed by atoms with Crippen molar-refractivity contribution in [2.24, 2.45) is 5.92 Å². The monoisotopic (exact) mass is 399 g/mol. The fourth-order valence-corrected chi connectivity index (χ4v) is 3.49. The summed E-state index contributed by atoms with van der Waals surface area (Å²) in [4.78, 5) is 0. The van der Waals surface area contributed by atoms with E-state index >= 15 is 0 Å². The number of methoxy groups -OCH3 is 2. The number of benzene rings is 2. The van der Waals surface area contributed by atoms with Crippen molar-refractivity contribution in [3.8, 4) is 17.2 Å². The van der Waals surface area contributed by atoms with Gasteiger partial charge in [0.1, 0.15) is 5.75 Å². The molecule has 2 rings (SSSR count). The molecule has 0 bridgehead atoms. The van der Waals surface area contributed by atoms with Crippen LogP contribution in [0.4, 0.5) is 0 Å². The number of nitrogens with one attached hydrogen (secondary N) is 1. The Hall–Kier alpha value is -2.20. The first-order valence-electron chi connectivity index (χ1n) is 10.7. The summed E-state index contributed by atoms with van der Waals surface area (Å²) in [6.45, 7) is 9.00. The third kappa shape index (κ3) is 7.62. The van der Waals surface area contributed by atoms with Gasteiger partial charge in [-0.2, -0.15) is 0 Å². The van der Waals surface area contributed by atoms with Crippen molar-refractivity contribution in [3.05, 3.63) is 53.6 Å². The second-order valence-corrected chi connectivity index (χ2v) is 7.82. The lowest BCUT2D eigenvalue weighted by Gasteiger charge is -2.19. The van der Waals surface area contributed by atoms with E-state index in [0.29, 0.717) is 12.5 Å². The van der Waals surface area contributed by atoms with Crippen LogP contribution in [0.15, 0.2) is 42.5 Å². The molecule has 0 aromatic heterocycles. The van der Waals surface area contributed by atoms with Crippen LogP contribution in [-0.2, 0) is 6.54 Å². The highest BCUT2D eigenvalue weighted by atomic mass is 16.5. The molecular weight excluding hydrogens is 362 g/mol. The van der Waals surface area contributed by atoms with Crippen LogP contribution in [0.25, 0.3) is 0 Å². The molecular formula is C25H37NO3. The van der Waals surface area contributed by atoms with E-state index in [0.717, 1.165) is 42.7 Å². The molecule has 0 aliphatic carbocycles. The summed E-state index contributed by atoms with van der Waals surface area (Å²) in [6.07, 6.45) is 3.57. The van der Waals surface area contributed by atoms with Crippen LogP contribution >= 0.6 is 0 Å². The Morgan fingerprint density at radius 1 is 0.862 bits per heavy atom. The van der Waals surface area contributed by atoms with Crippen LogP contribution in [0.1, 0.15) is 57.1 Å². The number of hydrogen-bond donors (Lipinski definition) is 1. The minimum atomic E-state index is 0.561. The zero-order valence-corrected chi connectivity index (χ0v) is 18.7. The van der Waals surface area contributed by atoms with Crippen molar-refractivity contribution in [2.45, 2.75) is 52.5 Å². The molecule has 0 fully saturated rings. The van der Waals surface area contributed by atoms with Crippen LogP contribution in [0.2, 0.25) is 0 Å². The topological polar surface area (TPSA) is 39.7 Å². The molecule has 0 saturated carbocycles. The van der Waals surface area contributed by atoms with Crippen molar-refractivity contribution in [1.82, 2.24) is 5.32 Å². The van der Waals surface area contributed by atoms with E-state index in [4.69, 9.17) is 14.2 Å². The third-order valence-corrected chi connectivity index (χ3v) is 5.21. The highest BCUT2D eigenvalue weighted by Crippen LogP contribution is 2.29. The smallest absolute Gasteiger partial charge is 0.161 e. The van der Waals surface area contributed by atoms with Crippen molar-refractivity contribution in [2.75, 3.05) is 27.4 Å². The molecule has 0 radical (unpaired) electrons. The van der Waals surface area contributed by atoms with E-state index in [1.807, 2.05) is 13.0 Å². The van der Waals surface area contributed by atoms with Crippen LogP contribution in [-0.4, -0.2) is 27.4 Å². The maximum atomic E-state index is 5.60. The average Bonchev–Trinajstić information content (AvgIpc) is 2.74. The summed E-state index contributed by atoms with van der Waals surface area (Å²) in [6, 6.07) is 14.7. The SMILES string of the molecule is CCOc1ccc(CNCCC(CCC(C)C)c2ccc(OC)cc2)cc1OC.